The average Bonchev–Trinajstić information content (AvgIpc) is 3.58. The molecule has 6 rings (SSSR count). The fraction of sp³-hybridized carbons (Fsp3) is 0.414. The first-order valence-corrected chi connectivity index (χ1v) is 13.6. The average molecular weight is 623 g/mol. The SMILES string of the molecule is Cc1ncnc2c1ncn2[C@@H]1O[C@H](COc2cc(CC[C@@]3(O)c4ccccc4[C@@H](O)C3(F)F)cc(C(F)(F)F)c2)[C@@H](O)[C@H]1O. The van der Waals surface area contributed by atoms with Crippen LogP contribution in [0.1, 0.15) is 46.7 Å². The van der Waals surface area contributed by atoms with Gasteiger partial charge in [0.15, 0.2) is 17.5 Å². The minimum Gasteiger partial charge on any atom is -0.491 e. The van der Waals surface area contributed by atoms with Crippen LogP contribution in [0.25, 0.3) is 11.2 Å². The molecule has 0 unspecified atom stereocenters. The Kier molecular flexibility index (Phi) is 7.36. The summed E-state index contributed by atoms with van der Waals surface area (Å²) in [5, 5.41) is 42.5. The third-order valence-electron chi connectivity index (χ3n) is 8.23. The summed E-state index contributed by atoms with van der Waals surface area (Å²) in [5.74, 6) is -4.29. The molecule has 1 aliphatic carbocycles. The molecule has 4 aromatic rings. The molecule has 0 saturated carbocycles. The molecule has 6 atom stereocenters. The van der Waals surface area contributed by atoms with E-state index in [1.54, 1.807) is 6.92 Å². The Hall–Kier alpha value is -3.76. The number of nitrogens with zero attached hydrogens (tertiary/aromatic N) is 4. The lowest BCUT2D eigenvalue weighted by Crippen LogP contribution is -2.44. The van der Waals surface area contributed by atoms with Gasteiger partial charge in [0.05, 0.1) is 17.6 Å². The van der Waals surface area contributed by atoms with Crippen molar-refractivity contribution in [1.82, 2.24) is 19.5 Å². The zero-order valence-corrected chi connectivity index (χ0v) is 23.0. The normalized spacial score (nSPS) is 28.0. The van der Waals surface area contributed by atoms with E-state index in [4.69, 9.17) is 9.47 Å². The quantitative estimate of drug-likeness (QED) is 0.228. The smallest absolute Gasteiger partial charge is 0.416 e. The number of aliphatic hydroxyl groups is 4. The molecule has 0 bridgehead atoms. The molecule has 0 amide bonds. The first-order chi connectivity index (χ1) is 20.7. The molecule has 10 nitrogen and oxygen atoms in total. The van der Waals surface area contributed by atoms with E-state index in [1.807, 2.05) is 0 Å². The number of aryl methyl sites for hydroxylation is 2. The van der Waals surface area contributed by atoms with Crippen molar-refractivity contribution >= 4 is 11.2 Å². The van der Waals surface area contributed by atoms with Crippen LogP contribution in [0.3, 0.4) is 0 Å². The second-order valence-electron chi connectivity index (χ2n) is 11.0. The number of rotatable bonds is 7. The standard InChI is InChI=1S/C29H27F5N4O6/c1-14-21-25(36-12-35-14)38(13-37-21)26-23(40)22(39)20(44-26)11-43-17-9-15(8-16(10-17)29(32,33)34)6-7-27(42)19-5-3-2-4-18(19)24(41)28(27,30)31/h2-5,8-10,12-13,20,22-24,26,39-42H,6-7,11H2,1H3/t20-,22-,23-,24-,26-,27-/m1/s1. The van der Waals surface area contributed by atoms with Crippen molar-refractivity contribution in [3.05, 3.63) is 83.1 Å². The molecule has 2 aromatic carbocycles. The van der Waals surface area contributed by atoms with Crippen LogP contribution in [-0.4, -0.2) is 70.8 Å². The number of ether oxygens (including phenoxy) is 2. The van der Waals surface area contributed by atoms with Crippen LogP contribution >= 0.6 is 0 Å². The Morgan fingerprint density at radius 1 is 1.02 bits per heavy atom. The summed E-state index contributed by atoms with van der Waals surface area (Å²) in [4.78, 5) is 12.4. The summed E-state index contributed by atoms with van der Waals surface area (Å²) in [6.45, 7) is 1.24. The van der Waals surface area contributed by atoms with Crippen LogP contribution in [-0.2, 0) is 22.9 Å². The number of aromatic nitrogens is 4. The van der Waals surface area contributed by atoms with Gasteiger partial charge in [-0.15, -0.1) is 0 Å². The first-order valence-electron chi connectivity index (χ1n) is 13.6. The van der Waals surface area contributed by atoms with Gasteiger partial charge >= 0.3 is 12.1 Å². The highest BCUT2D eigenvalue weighted by molar-refractivity contribution is 5.72. The fourth-order valence-corrected chi connectivity index (χ4v) is 5.82. The van der Waals surface area contributed by atoms with Gasteiger partial charge in [0.2, 0.25) is 0 Å². The maximum Gasteiger partial charge on any atom is 0.416 e. The third kappa shape index (κ3) is 4.88. The first kappa shape index (κ1) is 30.3. The number of hydrogen-bond donors (Lipinski definition) is 4. The number of halogens is 5. The van der Waals surface area contributed by atoms with Gasteiger partial charge in [-0.05, 0) is 54.7 Å². The van der Waals surface area contributed by atoms with Crippen molar-refractivity contribution in [3.8, 4) is 5.75 Å². The summed E-state index contributed by atoms with van der Waals surface area (Å²) in [6, 6.07) is 8.02. The summed E-state index contributed by atoms with van der Waals surface area (Å²) < 4.78 is 84.2. The summed E-state index contributed by atoms with van der Waals surface area (Å²) in [5.41, 5.74) is -3.01. The number of fused-ring (bicyclic) bond motifs is 2. The maximum absolute atomic E-state index is 15.1. The molecule has 1 fully saturated rings. The van der Waals surface area contributed by atoms with Crippen molar-refractivity contribution in [1.29, 1.82) is 0 Å². The van der Waals surface area contributed by atoms with Gasteiger partial charge in [-0.25, -0.2) is 15.0 Å². The predicted octanol–water partition coefficient (Wildman–Crippen LogP) is 3.35. The molecule has 3 heterocycles. The molecular formula is C29H27F5N4O6. The Bertz CT molecular complexity index is 1700. The van der Waals surface area contributed by atoms with E-state index in [2.05, 4.69) is 15.0 Å². The molecule has 4 N–H and O–H groups in total. The summed E-state index contributed by atoms with van der Waals surface area (Å²) in [6.07, 6.45) is -10.8. The van der Waals surface area contributed by atoms with Crippen LogP contribution in [0.5, 0.6) is 5.75 Å². The van der Waals surface area contributed by atoms with Gasteiger partial charge in [-0.3, -0.25) is 4.57 Å². The number of imidazole rings is 1. The zero-order chi connectivity index (χ0) is 31.6. The molecule has 2 aliphatic rings. The molecule has 0 radical (unpaired) electrons. The van der Waals surface area contributed by atoms with Gasteiger partial charge in [0.25, 0.3) is 0 Å². The van der Waals surface area contributed by atoms with Crippen LogP contribution in [0.15, 0.2) is 55.1 Å². The minimum absolute atomic E-state index is 0.0661. The number of hydrogen-bond acceptors (Lipinski definition) is 9. The topological polar surface area (TPSA) is 143 Å². The largest absolute Gasteiger partial charge is 0.491 e. The van der Waals surface area contributed by atoms with E-state index in [-0.39, 0.29) is 22.4 Å². The Morgan fingerprint density at radius 2 is 1.77 bits per heavy atom. The van der Waals surface area contributed by atoms with Gasteiger partial charge in [-0.2, -0.15) is 22.0 Å². The van der Waals surface area contributed by atoms with Crippen molar-refractivity contribution < 1.29 is 51.9 Å². The molecule has 15 heteroatoms. The third-order valence-corrected chi connectivity index (χ3v) is 8.23. The van der Waals surface area contributed by atoms with Crippen LogP contribution in [0, 0.1) is 6.92 Å². The monoisotopic (exact) mass is 622 g/mol. The molecule has 44 heavy (non-hydrogen) atoms. The van der Waals surface area contributed by atoms with Crippen LogP contribution in [0.4, 0.5) is 22.0 Å². The van der Waals surface area contributed by atoms with Crippen molar-refractivity contribution in [2.24, 2.45) is 0 Å². The highest BCUT2D eigenvalue weighted by atomic mass is 19.4. The molecule has 2 aromatic heterocycles. The molecule has 1 saturated heterocycles. The second kappa shape index (κ2) is 10.7. The molecule has 1 aliphatic heterocycles. The lowest BCUT2D eigenvalue weighted by atomic mass is 9.86. The number of alkyl halides is 5. The van der Waals surface area contributed by atoms with Crippen LogP contribution < -0.4 is 4.74 Å². The van der Waals surface area contributed by atoms with Gasteiger partial charge < -0.3 is 29.9 Å². The maximum atomic E-state index is 15.1. The highest BCUT2D eigenvalue weighted by Gasteiger charge is 2.64. The van der Waals surface area contributed by atoms with Crippen molar-refractivity contribution in [2.75, 3.05) is 6.61 Å². The van der Waals surface area contributed by atoms with E-state index in [0.29, 0.717) is 22.9 Å². The van der Waals surface area contributed by atoms with E-state index >= 15 is 8.78 Å². The zero-order valence-electron chi connectivity index (χ0n) is 23.0. The Balaban J connectivity index is 1.21. The molecular weight excluding hydrogens is 595 g/mol. The van der Waals surface area contributed by atoms with Crippen molar-refractivity contribution in [2.45, 2.75) is 68.1 Å². The van der Waals surface area contributed by atoms with E-state index < -0.39 is 73.4 Å². The molecule has 234 valence electrons. The highest BCUT2D eigenvalue weighted by Crippen LogP contribution is 2.56. The minimum atomic E-state index is -4.82. The van der Waals surface area contributed by atoms with Crippen molar-refractivity contribution in [3.63, 3.8) is 0 Å². The summed E-state index contributed by atoms with van der Waals surface area (Å²) in [7, 11) is 0. The van der Waals surface area contributed by atoms with E-state index in [9.17, 15) is 33.6 Å². The number of aliphatic hydroxyl groups excluding tert-OH is 3. The van der Waals surface area contributed by atoms with E-state index in [1.165, 1.54) is 47.6 Å². The summed E-state index contributed by atoms with van der Waals surface area (Å²) >= 11 is 0. The second-order valence-corrected chi connectivity index (χ2v) is 11.0. The predicted molar refractivity (Wildman–Crippen MR) is 141 cm³/mol. The van der Waals surface area contributed by atoms with Gasteiger partial charge in [-0.1, -0.05) is 24.3 Å². The lowest BCUT2D eigenvalue weighted by molar-refractivity contribution is -0.226. The lowest BCUT2D eigenvalue weighted by Gasteiger charge is -2.32. The fourth-order valence-electron chi connectivity index (χ4n) is 5.82. The Labute approximate surface area is 246 Å². The van der Waals surface area contributed by atoms with Gasteiger partial charge in [0.1, 0.15) is 48.6 Å². The number of benzene rings is 2. The van der Waals surface area contributed by atoms with Gasteiger partial charge in [0, 0.05) is 0 Å². The van der Waals surface area contributed by atoms with E-state index in [0.717, 1.165) is 6.07 Å². The Morgan fingerprint density at radius 3 is 2.52 bits per heavy atom. The van der Waals surface area contributed by atoms with Crippen LogP contribution in [0.2, 0.25) is 0 Å². The molecule has 0 spiro atoms.